The zero-order valence-corrected chi connectivity index (χ0v) is 15.0. The van der Waals surface area contributed by atoms with Crippen molar-refractivity contribution < 1.29 is 24.0 Å². The number of esters is 1. The highest BCUT2D eigenvalue weighted by atomic mass is 32.1. The van der Waals surface area contributed by atoms with E-state index in [2.05, 4.69) is 15.0 Å². The zero-order valence-electron chi connectivity index (χ0n) is 14.2. The molecular formula is C17H13N3O6S. The Bertz CT molecular complexity index is 1060. The van der Waals surface area contributed by atoms with Crippen LogP contribution in [0, 0.1) is 10.1 Å². The van der Waals surface area contributed by atoms with Crippen molar-refractivity contribution in [2.24, 2.45) is 0 Å². The number of nitrogens with one attached hydrogen (secondary N) is 1. The van der Waals surface area contributed by atoms with Gasteiger partial charge in [0.1, 0.15) is 5.75 Å². The lowest BCUT2D eigenvalue weighted by molar-refractivity contribution is -0.384. The van der Waals surface area contributed by atoms with Crippen molar-refractivity contribution in [2.45, 2.75) is 0 Å². The van der Waals surface area contributed by atoms with E-state index in [0.29, 0.717) is 16.4 Å². The second kappa shape index (κ2) is 7.38. The van der Waals surface area contributed by atoms with Crippen molar-refractivity contribution in [2.75, 3.05) is 19.5 Å². The first kappa shape index (κ1) is 18.3. The summed E-state index contributed by atoms with van der Waals surface area (Å²) in [6.07, 6.45) is 0. The number of non-ortho nitro benzene ring substituents is 1. The molecular weight excluding hydrogens is 374 g/mol. The van der Waals surface area contributed by atoms with Crippen molar-refractivity contribution in [3.8, 4) is 5.75 Å². The van der Waals surface area contributed by atoms with E-state index in [1.165, 1.54) is 17.4 Å². The number of carbonyl (C=O) groups excluding carboxylic acids is 2. The number of methoxy groups -OCH3 is 2. The lowest BCUT2D eigenvalue weighted by Crippen LogP contribution is -2.13. The van der Waals surface area contributed by atoms with Crippen molar-refractivity contribution in [3.05, 3.63) is 57.6 Å². The van der Waals surface area contributed by atoms with E-state index in [1.807, 2.05) is 0 Å². The number of rotatable bonds is 5. The molecule has 0 bridgehead atoms. The Labute approximate surface area is 156 Å². The minimum absolute atomic E-state index is 0.0542. The van der Waals surface area contributed by atoms with Gasteiger partial charge < -0.3 is 9.47 Å². The van der Waals surface area contributed by atoms with Gasteiger partial charge in [0.2, 0.25) is 0 Å². The van der Waals surface area contributed by atoms with Crippen LogP contribution >= 0.6 is 11.3 Å². The third-order valence-corrected chi connectivity index (χ3v) is 4.56. The number of carbonyl (C=O) groups is 2. The third-order valence-electron chi connectivity index (χ3n) is 3.63. The fourth-order valence-corrected chi connectivity index (χ4v) is 3.23. The van der Waals surface area contributed by atoms with Crippen molar-refractivity contribution in [3.63, 3.8) is 0 Å². The molecule has 27 heavy (non-hydrogen) atoms. The molecule has 0 aliphatic heterocycles. The molecule has 3 aromatic rings. The minimum atomic E-state index is -0.778. The average Bonchev–Trinajstić information content (AvgIpc) is 3.07. The molecule has 138 valence electrons. The minimum Gasteiger partial charge on any atom is -0.497 e. The number of fused-ring (bicyclic) bond motifs is 1. The predicted molar refractivity (Wildman–Crippen MR) is 98.6 cm³/mol. The van der Waals surface area contributed by atoms with Crippen LogP contribution in [0.15, 0.2) is 36.4 Å². The smallest absolute Gasteiger partial charge is 0.338 e. The molecule has 0 fully saturated rings. The van der Waals surface area contributed by atoms with Gasteiger partial charge in [0.25, 0.3) is 11.6 Å². The number of amides is 1. The topological polar surface area (TPSA) is 121 Å². The Balaban J connectivity index is 1.92. The lowest BCUT2D eigenvalue weighted by Gasteiger charge is -2.05. The number of thiazole rings is 1. The number of anilines is 1. The number of hydrogen-bond donors (Lipinski definition) is 1. The van der Waals surface area contributed by atoms with Crippen LogP contribution < -0.4 is 10.1 Å². The van der Waals surface area contributed by atoms with E-state index in [9.17, 15) is 19.7 Å². The largest absolute Gasteiger partial charge is 0.497 e. The van der Waals surface area contributed by atoms with Gasteiger partial charge in [-0.2, -0.15) is 0 Å². The summed E-state index contributed by atoms with van der Waals surface area (Å²) in [6.45, 7) is 0. The van der Waals surface area contributed by atoms with Crippen LogP contribution in [0.5, 0.6) is 5.75 Å². The van der Waals surface area contributed by atoms with E-state index in [1.54, 1.807) is 25.3 Å². The van der Waals surface area contributed by atoms with Crippen LogP contribution in [-0.2, 0) is 4.74 Å². The number of aromatic nitrogens is 1. The number of nitro groups is 1. The molecule has 0 radical (unpaired) electrons. The zero-order chi connectivity index (χ0) is 19.6. The summed E-state index contributed by atoms with van der Waals surface area (Å²) < 4.78 is 10.5. The van der Waals surface area contributed by atoms with E-state index in [0.717, 1.165) is 23.9 Å². The van der Waals surface area contributed by atoms with Crippen LogP contribution in [0.25, 0.3) is 10.2 Å². The molecule has 1 aromatic heterocycles. The number of nitrogens with zero attached hydrogens (tertiary/aromatic N) is 2. The number of benzene rings is 2. The quantitative estimate of drug-likeness (QED) is 0.405. The van der Waals surface area contributed by atoms with E-state index in [-0.39, 0.29) is 11.1 Å². The fraction of sp³-hybridized carbons (Fsp3) is 0.118. The molecule has 0 saturated heterocycles. The van der Waals surface area contributed by atoms with Gasteiger partial charge in [-0.1, -0.05) is 11.3 Å². The fourth-order valence-electron chi connectivity index (χ4n) is 2.34. The van der Waals surface area contributed by atoms with Gasteiger partial charge >= 0.3 is 5.97 Å². The highest BCUT2D eigenvalue weighted by Gasteiger charge is 2.19. The molecule has 0 aliphatic rings. The predicted octanol–water partition coefficient (Wildman–Crippen LogP) is 3.25. The maximum atomic E-state index is 12.5. The second-order valence-electron chi connectivity index (χ2n) is 5.32. The van der Waals surface area contributed by atoms with Crippen LogP contribution in [-0.4, -0.2) is 36.0 Å². The standard InChI is InChI=1S/C17H13N3O6S/c1-25-12-3-4-13-14(8-12)27-17(18-13)19-15(21)9-5-10(16(22)26-2)7-11(6-9)20(23)24/h3-8H,1-2H3,(H,18,19,21). The summed E-state index contributed by atoms with van der Waals surface area (Å²) in [4.78, 5) is 38.9. The Morgan fingerprint density at radius 1 is 1.15 bits per heavy atom. The highest BCUT2D eigenvalue weighted by Crippen LogP contribution is 2.29. The van der Waals surface area contributed by atoms with Gasteiger partial charge in [0.15, 0.2) is 5.13 Å². The van der Waals surface area contributed by atoms with Gasteiger partial charge in [-0.3, -0.25) is 20.2 Å². The molecule has 3 rings (SSSR count). The summed E-state index contributed by atoms with van der Waals surface area (Å²) in [6, 6.07) is 8.64. The molecule has 1 N–H and O–H groups in total. The maximum absolute atomic E-state index is 12.5. The van der Waals surface area contributed by atoms with Crippen molar-refractivity contribution >= 4 is 44.2 Å². The Hall–Kier alpha value is -3.53. The van der Waals surface area contributed by atoms with Gasteiger partial charge in [-0.15, -0.1) is 0 Å². The molecule has 0 spiro atoms. The van der Waals surface area contributed by atoms with Gasteiger partial charge in [0.05, 0.1) is 34.9 Å². The normalized spacial score (nSPS) is 10.4. The first-order valence-electron chi connectivity index (χ1n) is 7.55. The Morgan fingerprint density at radius 3 is 2.56 bits per heavy atom. The second-order valence-corrected chi connectivity index (χ2v) is 6.35. The molecule has 0 aliphatic carbocycles. The molecule has 0 atom stereocenters. The van der Waals surface area contributed by atoms with Gasteiger partial charge in [-0.05, 0) is 24.3 Å². The monoisotopic (exact) mass is 387 g/mol. The van der Waals surface area contributed by atoms with Crippen molar-refractivity contribution in [1.82, 2.24) is 4.98 Å². The van der Waals surface area contributed by atoms with Crippen LogP contribution in [0.4, 0.5) is 10.8 Å². The summed E-state index contributed by atoms with van der Waals surface area (Å²) in [5, 5.41) is 14.0. The van der Waals surface area contributed by atoms with Gasteiger partial charge in [-0.25, -0.2) is 9.78 Å². The molecule has 0 saturated carbocycles. The summed E-state index contributed by atoms with van der Waals surface area (Å²) in [7, 11) is 2.70. The van der Waals surface area contributed by atoms with Crippen molar-refractivity contribution in [1.29, 1.82) is 0 Å². The Morgan fingerprint density at radius 2 is 1.89 bits per heavy atom. The molecule has 9 nitrogen and oxygen atoms in total. The third kappa shape index (κ3) is 3.85. The molecule has 10 heteroatoms. The first-order chi connectivity index (χ1) is 12.9. The number of ether oxygens (including phenoxy) is 2. The molecule has 2 aromatic carbocycles. The van der Waals surface area contributed by atoms with E-state index < -0.39 is 22.5 Å². The van der Waals surface area contributed by atoms with Crippen LogP contribution in [0.1, 0.15) is 20.7 Å². The SMILES string of the molecule is COC(=O)c1cc(C(=O)Nc2nc3ccc(OC)cc3s2)cc([N+](=O)[O-])c1. The molecule has 0 unspecified atom stereocenters. The number of hydrogen-bond acceptors (Lipinski definition) is 8. The van der Waals surface area contributed by atoms with Gasteiger partial charge in [0, 0.05) is 17.7 Å². The van der Waals surface area contributed by atoms with E-state index >= 15 is 0 Å². The molecule has 1 amide bonds. The van der Waals surface area contributed by atoms with E-state index in [4.69, 9.17) is 4.74 Å². The highest BCUT2D eigenvalue weighted by molar-refractivity contribution is 7.22. The van der Waals surface area contributed by atoms with Crippen LogP contribution in [0.3, 0.4) is 0 Å². The summed E-state index contributed by atoms with van der Waals surface area (Å²) in [5.74, 6) is -0.750. The summed E-state index contributed by atoms with van der Waals surface area (Å²) in [5.41, 5.74) is 0.134. The van der Waals surface area contributed by atoms with Crippen LogP contribution in [0.2, 0.25) is 0 Å². The average molecular weight is 387 g/mol. The Kier molecular flexibility index (Phi) is 4.99. The maximum Gasteiger partial charge on any atom is 0.338 e. The lowest BCUT2D eigenvalue weighted by atomic mass is 10.1. The first-order valence-corrected chi connectivity index (χ1v) is 8.36. The number of nitro benzene ring substituents is 1. The summed E-state index contributed by atoms with van der Waals surface area (Å²) >= 11 is 1.23. The molecule has 1 heterocycles.